The molecular formula is C30H32F3N7O3. The van der Waals surface area contributed by atoms with E-state index in [1.807, 2.05) is 14.1 Å². The van der Waals surface area contributed by atoms with E-state index >= 15 is 0 Å². The number of imidazole rings is 1. The summed E-state index contributed by atoms with van der Waals surface area (Å²) in [6, 6.07) is 10.8. The van der Waals surface area contributed by atoms with Crippen molar-refractivity contribution in [2.45, 2.75) is 19.6 Å². The van der Waals surface area contributed by atoms with E-state index in [4.69, 9.17) is 14.5 Å². The van der Waals surface area contributed by atoms with Crippen molar-refractivity contribution in [3.05, 3.63) is 78.0 Å². The van der Waals surface area contributed by atoms with E-state index in [0.29, 0.717) is 35.0 Å². The Balaban J connectivity index is 1.37. The van der Waals surface area contributed by atoms with Crippen LogP contribution in [0, 0.1) is 22.9 Å². The van der Waals surface area contributed by atoms with Crippen LogP contribution >= 0.6 is 0 Å². The molecule has 226 valence electrons. The van der Waals surface area contributed by atoms with Crippen LogP contribution in [0.1, 0.15) is 25.5 Å². The lowest BCUT2D eigenvalue weighted by Gasteiger charge is -2.35. The van der Waals surface area contributed by atoms with Gasteiger partial charge in [0.1, 0.15) is 5.82 Å². The lowest BCUT2D eigenvalue weighted by Crippen LogP contribution is -2.49. The molecule has 1 amide bonds. The van der Waals surface area contributed by atoms with E-state index in [-0.39, 0.29) is 30.8 Å². The minimum atomic E-state index is -1.01. The Morgan fingerprint density at radius 1 is 1.05 bits per heavy atom. The number of ether oxygens (including phenoxy) is 2. The Morgan fingerprint density at radius 2 is 1.79 bits per heavy atom. The van der Waals surface area contributed by atoms with E-state index in [2.05, 4.69) is 30.5 Å². The van der Waals surface area contributed by atoms with Crippen molar-refractivity contribution >= 4 is 17.5 Å². The third kappa shape index (κ3) is 7.19. The number of rotatable bonds is 10. The molecule has 0 atom stereocenters. The Bertz CT molecular complexity index is 1570. The number of aromatic nitrogens is 4. The number of benzene rings is 2. The van der Waals surface area contributed by atoms with E-state index in [9.17, 15) is 18.0 Å². The molecule has 2 aromatic carbocycles. The molecule has 3 heterocycles. The van der Waals surface area contributed by atoms with Gasteiger partial charge < -0.3 is 30.0 Å². The van der Waals surface area contributed by atoms with Gasteiger partial charge in [-0.1, -0.05) is 0 Å². The first kappa shape index (κ1) is 30.1. The second-order valence-corrected chi connectivity index (χ2v) is 10.8. The first-order valence-corrected chi connectivity index (χ1v) is 13.7. The van der Waals surface area contributed by atoms with Gasteiger partial charge in [0.15, 0.2) is 17.5 Å². The number of halogens is 3. The largest absolute Gasteiger partial charge is 0.355 e. The van der Waals surface area contributed by atoms with Crippen LogP contribution in [-0.2, 0) is 14.3 Å². The molecule has 1 saturated heterocycles. The standard InChI is InChI=1S/C30H32F3N7O3/c1-30(28(41)34-12-4-14-40(2)3)16-42-27(43-17-30)26-38-24(18-5-7-19(31)8-6-18)25(39-26)23-11-13-35-29(37-23)36-20-9-10-21(32)22(33)15-20/h5-11,13,15,27H,4,12,14,16-17H2,1-3H3,(H,34,41)(H,38,39)(H,35,36,37). The SMILES string of the molecule is CN(C)CCCNC(=O)C1(C)COC(c2nc(-c3ccc(F)cc3)c(-c3ccnc(Nc4ccc(F)c(F)c4)n3)[nH]2)OC1. The van der Waals surface area contributed by atoms with E-state index in [0.717, 1.165) is 25.1 Å². The Hall–Kier alpha value is -4.33. The first-order chi connectivity index (χ1) is 20.6. The highest BCUT2D eigenvalue weighted by atomic mass is 19.2. The van der Waals surface area contributed by atoms with E-state index in [1.54, 1.807) is 25.1 Å². The molecule has 1 aliphatic heterocycles. The molecule has 1 fully saturated rings. The summed E-state index contributed by atoms with van der Waals surface area (Å²) in [5.74, 6) is -2.08. The highest BCUT2D eigenvalue weighted by Crippen LogP contribution is 2.35. The zero-order valence-corrected chi connectivity index (χ0v) is 24.0. The number of carbonyl (C=O) groups is 1. The van der Waals surface area contributed by atoms with Gasteiger partial charge in [0.2, 0.25) is 18.1 Å². The Morgan fingerprint density at radius 3 is 2.49 bits per heavy atom. The van der Waals surface area contributed by atoms with Gasteiger partial charge in [-0.2, -0.15) is 0 Å². The summed E-state index contributed by atoms with van der Waals surface area (Å²) >= 11 is 0. The number of hydrogen-bond donors (Lipinski definition) is 3. The van der Waals surface area contributed by atoms with Gasteiger partial charge in [-0.05, 0) is 76.4 Å². The fourth-order valence-corrected chi connectivity index (χ4v) is 4.47. The molecule has 0 radical (unpaired) electrons. The summed E-state index contributed by atoms with van der Waals surface area (Å²) in [4.78, 5) is 31.5. The number of hydrogen-bond acceptors (Lipinski definition) is 8. The van der Waals surface area contributed by atoms with Crippen LogP contribution in [0.25, 0.3) is 22.6 Å². The van der Waals surface area contributed by atoms with Crippen LogP contribution in [0.15, 0.2) is 54.7 Å². The van der Waals surface area contributed by atoms with Crippen LogP contribution in [0.3, 0.4) is 0 Å². The van der Waals surface area contributed by atoms with Crippen molar-refractivity contribution in [1.82, 2.24) is 30.2 Å². The van der Waals surface area contributed by atoms with Crippen molar-refractivity contribution in [1.29, 1.82) is 0 Å². The van der Waals surface area contributed by atoms with Gasteiger partial charge in [0.05, 0.1) is 35.7 Å². The highest BCUT2D eigenvalue weighted by molar-refractivity contribution is 5.82. The predicted octanol–water partition coefficient (Wildman–Crippen LogP) is 4.81. The summed E-state index contributed by atoms with van der Waals surface area (Å²) in [5, 5.41) is 5.81. The molecule has 13 heteroatoms. The molecule has 3 N–H and O–H groups in total. The van der Waals surface area contributed by atoms with Crippen molar-refractivity contribution in [3.8, 4) is 22.6 Å². The van der Waals surface area contributed by atoms with Crippen LogP contribution < -0.4 is 10.6 Å². The molecule has 0 aliphatic carbocycles. The van der Waals surface area contributed by atoms with E-state index < -0.39 is 29.2 Å². The minimum Gasteiger partial charge on any atom is -0.355 e. The summed E-state index contributed by atoms with van der Waals surface area (Å²) in [7, 11) is 3.95. The van der Waals surface area contributed by atoms with Crippen LogP contribution in [0.2, 0.25) is 0 Å². The minimum absolute atomic E-state index is 0.106. The zero-order chi connectivity index (χ0) is 30.6. The number of H-pyrrole nitrogens is 1. The second kappa shape index (κ2) is 12.9. The van der Waals surface area contributed by atoms with Gasteiger partial charge in [-0.25, -0.2) is 28.1 Å². The highest BCUT2D eigenvalue weighted by Gasteiger charge is 2.40. The van der Waals surface area contributed by atoms with Crippen LogP contribution in [-0.4, -0.2) is 71.1 Å². The molecule has 10 nitrogen and oxygen atoms in total. The van der Waals surface area contributed by atoms with Crippen molar-refractivity contribution in [3.63, 3.8) is 0 Å². The first-order valence-electron chi connectivity index (χ1n) is 13.7. The van der Waals surface area contributed by atoms with Crippen LogP contribution in [0.4, 0.5) is 24.8 Å². The molecule has 0 bridgehead atoms. The van der Waals surface area contributed by atoms with Crippen molar-refractivity contribution in [2.24, 2.45) is 5.41 Å². The summed E-state index contributed by atoms with van der Waals surface area (Å²) < 4.78 is 52.8. The molecular weight excluding hydrogens is 563 g/mol. The van der Waals surface area contributed by atoms with Crippen LogP contribution in [0.5, 0.6) is 0 Å². The molecule has 43 heavy (non-hydrogen) atoms. The molecule has 5 rings (SSSR count). The molecule has 2 aromatic heterocycles. The quantitative estimate of drug-likeness (QED) is 0.224. The second-order valence-electron chi connectivity index (χ2n) is 10.8. The molecule has 1 aliphatic rings. The maximum atomic E-state index is 13.7. The van der Waals surface area contributed by atoms with Crippen molar-refractivity contribution < 1.29 is 27.4 Å². The van der Waals surface area contributed by atoms with Gasteiger partial charge in [0, 0.05) is 30.1 Å². The maximum absolute atomic E-state index is 13.7. The molecule has 0 unspecified atom stereocenters. The number of nitrogens with zero attached hydrogens (tertiary/aromatic N) is 4. The van der Waals surface area contributed by atoms with Gasteiger partial charge in [0.25, 0.3) is 0 Å². The molecule has 0 spiro atoms. The molecule has 4 aromatic rings. The average Bonchev–Trinajstić information content (AvgIpc) is 3.43. The number of carbonyl (C=O) groups excluding carboxylic acids is 1. The monoisotopic (exact) mass is 595 g/mol. The maximum Gasteiger partial charge on any atom is 0.230 e. The topological polar surface area (TPSA) is 117 Å². The smallest absolute Gasteiger partial charge is 0.230 e. The Kier molecular flexibility index (Phi) is 9.04. The summed E-state index contributed by atoms with van der Waals surface area (Å²) in [6.45, 7) is 3.40. The van der Waals surface area contributed by atoms with E-state index in [1.165, 1.54) is 24.4 Å². The predicted molar refractivity (Wildman–Crippen MR) is 154 cm³/mol. The molecule has 0 saturated carbocycles. The van der Waals surface area contributed by atoms with Crippen molar-refractivity contribution in [2.75, 3.05) is 45.7 Å². The van der Waals surface area contributed by atoms with Gasteiger partial charge in [-0.3, -0.25) is 4.79 Å². The zero-order valence-electron chi connectivity index (χ0n) is 24.0. The lowest BCUT2D eigenvalue weighted by molar-refractivity contribution is -0.231. The number of amides is 1. The third-order valence-corrected chi connectivity index (χ3v) is 6.87. The Labute approximate surface area is 246 Å². The normalized spacial score (nSPS) is 18.5. The van der Waals surface area contributed by atoms with Gasteiger partial charge in [-0.15, -0.1) is 0 Å². The number of nitrogens with one attached hydrogen (secondary N) is 3. The fourth-order valence-electron chi connectivity index (χ4n) is 4.47. The fraction of sp³-hybridized carbons (Fsp3) is 0.333. The summed E-state index contributed by atoms with van der Waals surface area (Å²) in [5.41, 5.74) is 1.31. The number of aromatic amines is 1. The lowest BCUT2D eigenvalue weighted by atomic mass is 9.91. The third-order valence-electron chi connectivity index (χ3n) is 6.87. The number of anilines is 2. The summed E-state index contributed by atoms with van der Waals surface area (Å²) in [6.07, 6.45) is 1.42. The average molecular weight is 596 g/mol. The van der Waals surface area contributed by atoms with Gasteiger partial charge >= 0.3 is 0 Å².